The molecule has 0 fully saturated rings. The van der Waals surface area contributed by atoms with Crippen LogP contribution in [0.15, 0.2) is 66.9 Å². The molecule has 182 valence electrons. The van der Waals surface area contributed by atoms with Crippen LogP contribution in [-0.4, -0.2) is 21.7 Å². The van der Waals surface area contributed by atoms with Crippen molar-refractivity contribution in [3.05, 3.63) is 94.4 Å². The molecule has 1 amide bonds. The second kappa shape index (κ2) is 10.3. The first-order chi connectivity index (χ1) is 16.7. The Bertz CT molecular complexity index is 1320. The number of carbonyl (C=O) groups excluding carboxylic acids is 1. The summed E-state index contributed by atoms with van der Waals surface area (Å²) in [4.78, 5) is 17.4. The van der Waals surface area contributed by atoms with E-state index in [0.29, 0.717) is 41.6 Å². The summed E-state index contributed by atoms with van der Waals surface area (Å²) >= 11 is 6.04. The Morgan fingerprint density at radius 3 is 2.34 bits per heavy atom. The molecule has 35 heavy (non-hydrogen) atoms. The molecule has 2 aromatic carbocycles. The molecule has 2 N–H and O–H groups in total. The Balaban J connectivity index is 1.33. The van der Waals surface area contributed by atoms with Gasteiger partial charge in [0.2, 0.25) is 0 Å². The van der Waals surface area contributed by atoms with E-state index < -0.39 is 6.36 Å². The minimum Gasteiger partial charge on any atom is -0.406 e. The summed E-state index contributed by atoms with van der Waals surface area (Å²) in [5.74, 6) is -0.483. The predicted molar refractivity (Wildman–Crippen MR) is 128 cm³/mol. The number of hydrogen-bond donors (Lipinski definition) is 2. The predicted octanol–water partition coefficient (Wildman–Crippen LogP) is 5.99. The summed E-state index contributed by atoms with van der Waals surface area (Å²) in [7, 11) is 0. The van der Waals surface area contributed by atoms with Gasteiger partial charge >= 0.3 is 6.36 Å². The second-order valence-corrected chi connectivity index (χ2v) is 8.20. The van der Waals surface area contributed by atoms with Crippen LogP contribution in [0.4, 0.5) is 18.9 Å². The molecular formula is C25H22ClF3N4O2. The fourth-order valence-corrected chi connectivity index (χ4v) is 3.73. The Labute approximate surface area is 204 Å². The van der Waals surface area contributed by atoms with Crippen LogP contribution in [0.2, 0.25) is 5.02 Å². The van der Waals surface area contributed by atoms with Crippen LogP contribution in [0, 0.1) is 0 Å². The average Bonchev–Trinajstić information content (AvgIpc) is 3.19. The molecule has 0 atom stereocenters. The van der Waals surface area contributed by atoms with Crippen molar-refractivity contribution in [2.75, 3.05) is 5.32 Å². The first kappa shape index (κ1) is 24.4. The van der Waals surface area contributed by atoms with E-state index in [1.807, 2.05) is 31.2 Å². The number of aryl methyl sites for hydroxylation is 1. The van der Waals surface area contributed by atoms with E-state index in [4.69, 9.17) is 11.6 Å². The number of halogens is 4. The molecule has 10 heteroatoms. The third-order valence-electron chi connectivity index (χ3n) is 5.27. The lowest BCUT2D eigenvalue weighted by atomic mass is 10.1. The van der Waals surface area contributed by atoms with Gasteiger partial charge in [-0.25, -0.2) is 4.98 Å². The van der Waals surface area contributed by atoms with E-state index in [9.17, 15) is 18.0 Å². The third kappa shape index (κ3) is 6.24. The molecular weight excluding hydrogens is 481 g/mol. The van der Waals surface area contributed by atoms with Crippen LogP contribution in [-0.2, 0) is 19.5 Å². The van der Waals surface area contributed by atoms with E-state index >= 15 is 0 Å². The molecule has 6 nitrogen and oxygen atoms in total. The third-order valence-corrected chi connectivity index (χ3v) is 5.51. The van der Waals surface area contributed by atoms with Crippen molar-refractivity contribution >= 4 is 28.8 Å². The average molecular weight is 503 g/mol. The number of anilines is 1. The van der Waals surface area contributed by atoms with Crippen LogP contribution in [0.5, 0.6) is 5.75 Å². The van der Waals surface area contributed by atoms with Crippen molar-refractivity contribution in [2.24, 2.45) is 0 Å². The zero-order valence-electron chi connectivity index (χ0n) is 18.7. The van der Waals surface area contributed by atoms with Gasteiger partial charge in [-0.2, -0.15) is 0 Å². The molecule has 2 heterocycles. The number of rotatable bonds is 8. The molecule has 4 rings (SSSR count). The number of hydrogen-bond acceptors (Lipinski definition) is 4. The molecule has 0 aliphatic heterocycles. The monoisotopic (exact) mass is 502 g/mol. The SMILES string of the molecule is CCc1nc2cc(Cl)ccn2c1C(=O)NCc1ccc(NCc2ccc(OC(F)(F)F)cc2)cc1. The lowest BCUT2D eigenvalue weighted by Crippen LogP contribution is -2.25. The Hall–Kier alpha value is -3.72. The van der Waals surface area contributed by atoms with Crippen LogP contribution in [0.3, 0.4) is 0 Å². The lowest BCUT2D eigenvalue weighted by molar-refractivity contribution is -0.274. The fraction of sp³-hybridized carbons (Fsp3) is 0.200. The topological polar surface area (TPSA) is 67.7 Å². The molecule has 0 bridgehead atoms. The summed E-state index contributed by atoms with van der Waals surface area (Å²) in [6.07, 6.45) is -2.36. The molecule has 2 aromatic heterocycles. The van der Waals surface area contributed by atoms with Crippen molar-refractivity contribution in [3.8, 4) is 5.75 Å². The summed E-state index contributed by atoms with van der Waals surface area (Å²) in [6.45, 7) is 2.71. The number of ether oxygens (including phenoxy) is 1. The number of amides is 1. The molecule has 0 saturated carbocycles. The van der Waals surface area contributed by atoms with Gasteiger partial charge in [0.25, 0.3) is 5.91 Å². The highest BCUT2D eigenvalue weighted by Crippen LogP contribution is 2.23. The minimum atomic E-state index is -4.71. The fourth-order valence-electron chi connectivity index (χ4n) is 3.58. The van der Waals surface area contributed by atoms with Crippen molar-refractivity contribution in [3.63, 3.8) is 0 Å². The highest BCUT2D eigenvalue weighted by atomic mass is 35.5. The smallest absolute Gasteiger partial charge is 0.406 e. The molecule has 4 aromatic rings. The van der Waals surface area contributed by atoms with Crippen LogP contribution in [0.25, 0.3) is 5.65 Å². The van der Waals surface area contributed by atoms with Gasteiger partial charge in [0.15, 0.2) is 0 Å². The van der Waals surface area contributed by atoms with E-state index in [1.54, 1.807) is 34.9 Å². The Kier molecular flexibility index (Phi) is 7.16. The van der Waals surface area contributed by atoms with Crippen molar-refractivity contribution in [1.29, 1.82) is 0 Å². The summed E-state index contributed by atoms with van der Waals surface area (Å²) in [6, 6.07) is 16.6. The molecule has 0 aliphatic rings. The quantitative estimate of drug-likeness (QED) is 0.310. The summed E-state index contributed by atoms with van der Waals surface area (Å²) < 4.78 is 42.4. The molecule has 0 spiro atoms. The van der Waals surface area contributed by atoms with Gasteiger partial charge in [-0.05, 0) is 47.9 Å². The number of imidazole rings is 1. The van der Waals surface area contributed by atoms with Gasteiger partial charge in [-0.15, -0.1) is 13.2 Å². The number of nitrogens with one attached hydrogen (secondary N) is 2. The highest BCUT2D eigenvalue weighted by molar-refractivity contribution is 6.30. The van der Waals surface area contributed by atoms with Gasteiger partial charge in [0, 0.05) is 36.1 Å². The minimum absolute atomic E-state index is 0.225. The number of fused-ring (bicyclic) bond motifs is 1. The lowest BCUT2D eigenvalue weighted by Gasteiger charge is -2.11. The van der Waals surface area contributed by atoms with Crippen LogP contribution < -0.4 is 15.4 Å². The maximum atomic E-state index is 12.9. The molecule has 0 aliphatic carbocycles. The zero-order chi connectivity index (χ0) is 25.0. The van der Waals surface area contributed by atoms with E-state index in [1.165, 1.54) is 12.1 Å². The number of pyridine rings is 1. The number of nitrogens with zero attached hydrogens (tertiary/aromatic N) is 2. The molecule has 0 unspecified atom stereocenters. The maximum Gasteiger partial charge on any atom is 0.573 e. The first-order valence-electron chi connectivity index (χ1n) is 10.8. The highest BCUT2D eigenvalue weighted by Gasteiger charge is 2.30. The van der Waals surface area contributed by atoms with Gasteiger partial charge in [0.05, 0.1) is 5.69 Å². The zero-order valence-corrected chi connectivity index (χ0v) is 19.5. The van der Waals surface area contributed by atoms with Crippen molar-refractivity contribution in [2.45, 2.75) is 32.8 Å². The van der Waals surface area contributed by atoms with Gasteiger partial charge in [0.1, 0.15) is 17.1 Å². The Morgan fingerprint density at radius 1 is 1.03 bits per heavy atom. The number of alkyl halides is 3. The molecule has 0 radical (unpaired) electrons. The van der Waals surface area contributed by atoms with Gasteiger partial charge in [-0.1, -0.05) is 42.8 Å². The summed E-state index contributed by atoms with van der Waals surface area (Å²) in [5.41, 5.74) is 4.36. The number of benzene rings is 2. The maximum absolute atomic E-state index is 12.9. The van der Waals surface area contributed by atoms with E-state index in [0.717, 1.165) is 16.8 Å². The van der Waals surface area contributed by atoms with Crippen LogP contribution >= 0.6 is 11.6 Å². The van der Waals surface area contributed by atoms with E-state index in [2.05, 4.69) is 20.4 Å². The molecule has 0 saturated heterocycles. The van der Waals surface area contributed by atoms with Gasteiger partial charge < -0.3 is 15.4 Å². The van der Waals surface area contributed by atoms with Gasteiger partial charge in [-0.3, -0.25) is 9.20 Å². The first-order valence-corrected chi connectivity index (χ1v) is 11.2. The van der Waals surface area contributed by atoms with Crippen LogP contribution in [0.1, 0.15) is 34.2 Å². The largest absolute Gasteiger partial charge is 0.573 e. The normalized spacial score (nSPS) is 11.5. The number of carbonyl (C=O) groups is 1. The summed E-state index contributed by atoms with van der Waals surface area (Å²) in [5, 5.41) is 6.70. The van der Waals surface area contributed by atoms with E-state index in [-0.39, 0.29) is 11.7 Å². The Morgan fingerprint density at radius 2 is 1.69 bits per heavy atom. The second-order valence-electron chi connectivity index (χ2n) is 7.76. The van der Waals surface area contributed by atoms with Crippen molar-refractivity contribution in [1.82, 2.24) is 14.7 Å². The van der Waals surface area contributed by atoms with Crippen molar-refractivity contribution < 1.29 is 22.7 Å². The standard InChI is InChI=1S/C25H22ClF3N4O2/c1-2-21-23(33-12-11-18(26)13-22(33)32-21)24(34)31-15-16-3-7-19(8-4-16)30-14-17-5-9-20(10-6-17)35-25(27,28)29/h3-13,30H,2,14-15H2,1H3,(H,31,34). The number of aromatic nitrogens is 2.